The Balaban J connectivity index is 2.27. The molecule has 0 aliphatic heterocycles. The highest BCUT2D eigenvalue weighted by Crippen LogP contribution is 2.22. The van der Waals surface area contributed by atoms with Crippen molar-refractivity contribution in [3.05, 3.63) is 58.8 Å². The first kappa shape index (κ1) is 11.9. The molecule has 5 heteroatoms. The Hall–Kier alpha value is -2.56. The third-order valence-corrected chi connectivity index (χ3v) is 2.30. The number of nitrogens with zero attached hydrogens (tertiary/aromatic N) is 2. The van der Waals surface area contributed by atoms with Crippen molar-refractivity contribution in [3.63, 3.8) is 0 Å². The van der Waals surface area contributed by atoms with Crippen LogP contribution in [0.3, 0.4) is 0 Å². The van der Waals surface area contributed by atoms with Gasteiger partial charge in [-0.05, 0) is 47.6 Å². The molecule has 90 valence electrons. The van der Waals surface area contributed by atoms with Gasteiger partial charge in [0.05, 0.1) is 5.69 Å². The highest BCUT2D eigenvalue weighted by Gasteiger charge is 2.00. The molecule has 0 aromatic heterocycles. The van der Waals surface area contributed by atoms with Crippen LogP contribution in [0, 0.1) is 10.7 Å². The Bertz CT molecular complexity index is 594. The van der Waals surface area contributed by atoms with Crippen LogP contribution in [0.5, 0.6) is 5.75 Å². The van der Waals surface area contributed by atoms with Gasteiger partial charge in [0.15, 0.2) is 0 Å². The molecule has 2 aromatic rings. The molecule has 0 spiro atoms. The maximum Gasteiger partial charge on any atom is 0.124 e. The number of nitroso groups, excluding NO2 is 1. The summed E-state index contributed by atoms with van der Waals surface area (Å²) in [6.45, 7) is 0. The van der Waals surface area contributed by atoms with Crippen molar-refractivity contribution in [1.29, 1.82) is 0 Å². The molecular weight excluding hydrogens is 235 g/mol. The number of rotatable bonds is 3. The number of phenols is 1. The fourth-order valence-electron chi connectivity index (χ4n) is 1.37. The summed E-state index contributed by atoms with van der Waals surface area (Å²) < 4.78 is 12.7. The lowest BCUT2D eigenvalue weighted by molar-refractivity contribution is 0.474. The van der Waals surface area contributed by atoms with Gasteiger partial charge in [-0.25, -0.2) is 4.39 Å². The predicted molar refractivity (Wildman–Crippen MR) is 67.2 cm³/mol. The van der Waals surface area contributed by atoms with Gasteiger partial charge in [0.2, 0.25) is 0 Å². The van der Waals surface area contributed by atoms with E-state index in [0.29, 0.717) is 11.3 Å². The number of hydrogen-bond acceptors (Lipinski definition) is 4. The average molecular weight is 244 g/mol. The van der Waals surface area contributed by atoms with Gasteiger partial charge >= 0.3 is 0 Å². The van der Waals surface area contributed by atoms with Crippen LogP contribution >= 0.6 is 0 Å². The zero-order valence-electron chi connectivity index (χ0n) is 9.25. The highest BCUT2D eigenvalue weighted by atomic mass is 19.1. The fraction of sp³-hybridized carbons (Fsp3) is 0. The minimum absolute atomic E-state index is 0.00624. The van der Waals surface area contributed by atoms with Crippen LogP contribution in [-0.2, 0) is 0 Å². The number of hydrogen-bond donors (Lipinski definition) is 1. The quantitative estimate of drug-likeness (QED) is 0.661. The number of aromatic hydroxyl groups is 1. The molecule has 0 bridgehead atoms. The molecule has 0 radical (unpaired) electrons. The molecule has 2 aromatic carbocycles. The van der Waals surface area contributed by atoms with E-state index in [1.165, 1.54) is 48.7 Å². The highest BCUT2D eigenvalue weighted by molar-refractivity contribution is 5.86. The zero-order chi connectivity index (χ0) is 13.0. The molecule has 18 heavy (non-hydrogen) atoms. The summed E-state index contributed by atoms with van der Waals surface area (Å²) >= 11 is 0. The third-order valence-electron chi connectivity index (χ3n) is 2.30. The van der Waals surface area contributed by atoms with Gasteiger partial charge in [0.25, 0.3) is 0 Å². The first-order valence-corrected chi connectivity index (χ1v) is 5.15. The van der Waals surface area contributed by atoms with Crippen molar-refractivity contribution in [2.75, 3.05) is 0 Å². The molecule has 0 fully saturated rings. The lowest BCUT2D eigenvalue weighted by atomic mass is 10.2. The molecule has 0 unspecified atom stereocenters. The molecule has 0 amide bonds. The Morgan fingerprint density at radius 3 is 2.39 bits per heavy atom. The summed E-state index contributed by atoms with van der Waals surface area (Å²) in [6, 6.07) is 9.76. The molecule has 0 aliphatic carbocycles. The minimum atomic E-state index is -0.344. The van der Waals surface area contributed by atoms with Crippen LogP contribution < -0.4 is 0 Å². The second-order valence-electron chi connectivity index (χ2n) is 3.57. The van der Waals surface area contributed by atoms with Crippen molar-refractivity contribution in [1.82, 2.24) is 0 Å². The number of halogens is 1. The van der Waals surface area contributed by atoms with E-state index in [2.05, 4.69) is 10.2 Å². The first-order valence-electron chi connectivity index (χ1n) is 5.15. The van der Waals surface area contributed by atoms with Crippen LogP contribution in [0.4, 0.5) is 15.8 Å². The van der Waals surface area contributed by atoms with Gasteiger partial charge in [-0.3, -0.25) is 4.99 Å². The largest absolute Gasteiger partial charge is 0.507 e. The molecule has 0 aliphatic rings. The Kier molecular flexibility index (Phi) is 3.43. The second-order valence-corrected chi connectivity index (χ2v) is 3.57. The molecule has 0 heterocycles. The van der Waals surface area contributed by atoms with Gasteiger partial charge in [0.1, 0.15) is 17.3 Å². The van der Waals surface area contributed by atoms with E-state index in [4.69, 9.17) is 0 Å². The molecule has 0 atom stereocenters. The summed E-state index contributed by atoms with van der Waals surface area (Å²) in [7, 11) is 0. The summed E-state index contributed by atoms with van der Waals surface area (Å²) in [6.07, 6.45) is 1.39. The third kappa shape index (κ3) is 2.76. The van der Waals surface area contributed by atoms with E-state index in [1.54, 1.807) is 0 Å². The van der Waals surface area contributed by atoms with E-state index < -0.39 is 0 Å². The van der Waals surface area contributed by atoms with Crippen molar-refractivity contribution in [2.45, 2.75) is 0 Å². The van der Waals surface area contributed by atoms with Crippen molar-refractivity contribution >= 4 is 17.6 Å². The van der Waals surface area contributed by atoms with Gasteiger partial charge < -0.3 is 5.11 Å². The van der Waals surface area contributed by atoms with Gasteiger partial charge in [-0.1, -0.05) is 0 Å². The van der Waals surface area contributed by atoms with E-state index in [1.807, 2.05) is 0 Å². The zero-order valence-corrected chi connectivity index (χ0v) is 9.25. The lowest BCUT2D eigenvalue weighted by Gasteiger charge is -1.98. The Labute approximate surface area is 102 Å². The molecule has 0 saturated heterocycles. The van der Waals surface area contributed by atoms with Crippen LogP contribution in [-0.4, -0.2) is 11.3 Å². The van der Waals surface area contributed by atoms with Crippen LogP contribution in [0.15, 0.2) is 52.6 Å². The van der Waals surface area contributed by atoms with Gasteiger partial charge in [-0.2, -0.15) is 0 Å². The van der Waals surface area contributed by atoms with Crippen molar-refractivity contribution in [3.8, 4) is 5.75 Å². The van der Waals surface area contributed by atoms with Crippen molar-refractivity contribution in [2.24, 2.45) is 10.2 Å². The SMILES string of the molecule is O=Nc1ccc(O)c(C=Nc2ccc(F)cc2)c1. The van der Waals surface area contributed by atoms with E-state index >= 15 is 0 Å². The summed E-state index contributed by atoms with van der Waals surface area (Å²) in [4.78, 5) is 14.4. The van der Waals surface area contributed by atoms with Gasteiger partial charge in [-0.15, -0.1) is 4.91 Å². The van der Waals surface area contributed by atoms with E-state index in [0.717, 1.165) is 0 Å². The van der Waals surface area contributed by atoms with Crippen LogP contribution in [0.25, 0.3) is 0 Å². The first-order chi connectivity index (χ1) is 8.69. The number of phenolic OH excluding ortho intramolecular Hbond substituents is 1. The normalized spacial score (nSPS) is 10.7. The lowest BCUT2D eigenvalue weighted by Crippen LogP contribution is -1.82. The maximum atomic E-state index is 12.7. The smallest absolute Gasteiger partial charge is 0.124 e. The van der Waals surface area contributed by atoms with Crippen LogP contribution in [0.1, 0.15) is 5.56 Å². The Morgan fingerprint density at radius 2 is 1.72 bits per heavy atom. The van der Waals surface area contributed by atoms with E-state index in [9.17, 15) is 14.4 Å². The van der Waals surface area contributed by atoms with Crippen LogP contribution in [0.2, 0.25) is 0 Å². The fourth-order valence-corrected chi connectivity index (χ4v) is 1.37. The standard InChI is InChI=1S/C13H9FN2O2/c14-10-1-3-11(4-2-10)15-8-9-7-12(16-18)5-6-13(9)17/h1-8,17H. The van der Waals surface area contributed by atoms with Gasteiger partial charge in [0, 0.05) is 11.8 Å². The summed E-state index contributed by atoms with van der Waals surface area (Å²) in [5.41, 5.74) is 1.12. The summed E-state index contributed by atoms with van der Waals surface area (Å²) in [5.74, 6) is -0.350. The second kappa shape index (κ2) is 5.18. The summed E-state index contributed by atoms with van der Waals surface area (Å²) in [5, 5.41) is 12.3. The topological polar surface area (TPSA) is 62.0 Å². The maximum absolute atomic E-state index is 12.7. The molecule has 0 saturated carbocycles. The Morgan fingerprint density at radius 1 is 1.06 bits per heavy atom. The molecular formula is C13H9FN2O2. The predicted octanol–water partition coefficient (Wildman–Crippen LogP) is 3.68. The minimum Gasteiger partial charge on any atom is -0.507 e. The van der Waals surface area contributed by atoms with E-state index in [-0.39, 0.29) is 17.3 Å². The van der Waals surface area contributed by atoms with Crippen molar-refractivity contribution < 1.29 is 9.50 Å². The number of aliphatic imine (C=N–C) groups is 1. The molecule has 2 rings (SSSR count). The monoisotopic (exact) mass is 244 g/mol. The number of benzene rings is 2. The molecule has 4 nitrogen and oxygen atoms in total. The average Bonchev–Trinajstić information content (AvgIpc) is 2.40. The molecule has 1 N–H and O–H groups in total.